The standard InChI is InChI=1S/C19H21N5/c1-15-7-5-10-17(22-15)18-11-6-12-23(18)13-19-20-14-21-24(19)16-8-3-2-4-9-16/h2-5,7-10,14,18H,6,11-13H2,1H3/t18-/m0/s1. The van der Waals surface area contributed by atoms with Gasteiger partial charge in [-0.15, -0.1) is 0 Å². The van der Waals surface area contributed by atoms with E-state index in [1.165, 1.54) is 12.1 Å². The second-order valence-electron chi connectivity index (χ2n) is 6.26. The number of likely N-dealkylation sites (tertiary alicyclic amines) is 1. The number of aryl methyl sites for hydroxylation is 1. The van der Waals surface area contributed by atoms with Gasteiger partial charge in [-0.3, -0.25) is 9.88 Å². The van der Waals surface area contributed by atoms with Crippen molar-refractivity contribution in [3.05, 3.63) is 72.1 Å². The molecule has 1 aliphatic rings. The quantitative estimate of drug-likeness (QED) is 0.740. The van der Waals surface area contributed by atoms with Gasteiger partial charge >= 0.3 is 0 Å². The Morgan fingerprint density at radius 3 is 2.79 bits per heavy atom. The van der Waals surface area contributed by atoms with Gasteiger partial charge in [0.1, 0.15) is 12.2 Å². The van der Waals surface area contributed by atoms with Gasteiger partial charge in [-0.1, -0.05) is 24.3 Å². The molecule has 4 rings (SSSR count). The van der Waals surface area contributed by atoms with Crippen LogP contribution in [0.15, 0.2) is 54.9 Å². The molecule has 5 heteroatoms. The lowest BCUT2D eigenvalue weighted by Crippen LogP contribution is -2.25. The normalized spacial score (nSPS) is 18.1. The summed E-state index contributed by atoms with van der Waals surface area (Å²) in [7, 11) is 0. The first kappa shape index (κ1) is 15.0. The van der Waals surface area contributed by atoms with E-state index in [1.807, 2.05) is 22.9 Å². The molecule has 0 saturated carbocycles. The van der Waals surface area contributed by atoms with Crippen LogP contribution in [0.1, 0.15) is 36.1 Å². The van der Waals surface area contributed by atoms with E-state index in [0.717, 1.165) is 36.7 Å². The average molecular weight is 319 g/mol. The van der Waals surface area contributed by atoms with E-state index < -0.39 is 0 Å². The molecule has 2 aromatic heterocycles. The smallest absolute Gasteiger partial charge is 0.146 e. The molecule has 5 nitrogen and oxygen atoms in total. The molecule has 1 atom stereocenters. The Morgan fingerprint density at radius 2 is 1.96 bits per heavy atom. The Bertz CT molecular complexity index is 811. The highest BCUT2D eigenvalue weighted by Crippen LogP contribution is 2.32. The topological polar surface area (TPSA) is 46.8 Å². The summed E-state index contributed by atoms with van der Waals surface area (Å²) in [6.45, 7) is 3.91. The van der Waals surface area contributed by atoms with E-state index in [0.29, 0.717) is 6.04 Å². The molecule has 1 aliphatic heterocycles. The fourth-order valence-electron chi connectivity index (χ4n) is 3.44. The van der Waals surface area contributed by atoms with E-state index in [4.69, 9.17) is 4.98 Å². The van der Waals surface area contributed by atoms with E-state index in [2.05, 4.69) is 52.2 Å². The molecule has 3 aromatic rings. The minimum absolute atomic E-state index is 0.367. The largest absolute Gasteiger partial charge is 0.287 e. The summed E-state index contributed by atoms with van der Waals surface area (Å²) in [5.41, 5.74) is 3.29. The molecular formula is C19H21N5. The molecule has 3 heterocycles. The molecule has 0 N–H and O–H groups in total. The number of rotatable bonds is 4. The van der Waals surface area contributed by atoms with Gasteiger partial charge in [0.15, 0.2) is 0 Å². The van der Waals surface area contributed by atoms with Gasteiger partial charge in [-0.2, -0.15) is 5.10 Å². The third-order valence-electron chi connectivity index (χ3n) is 4.58. The summed E-state index contributed by atoms with van der Waals surface area (Å²) >= 11 is 0. The monoisotopic (exact) mass is 319 g/mol. The Labute approximate surface area is 142 Å². The van der Waals surface area contributed by atoms with Crippen molar-refractivity contribution >= 4 is 0 Å². The maximum atomic E-state index is 4.73. The van der Waals surface area contributed by atoms with Crippen molar-refractivity contribution < 1.29 is 0 Å². The Kier molecular flexibility index (Phi) is 4.09. The first-order valence-corrected chi connectivity index (χ1v) is 8.43. The lowest BCUT2D eigenvalue weighted by atomic mass is 10.1. The molecule has 0 unspecified atom stereocenters. The van der Waals surface area contributed by atoms with Crippen LogP contribution in [0.3, 0.4) is 0 Å². The molecule has 24 heavy (non-hydrogen) atoms. The van der Waals surface area contributed by atoms with Crippen molar-refractivity contribution in [2.45, 2.75) is 32.4 Å². The molecule has 0 amide bonds. The maximum absolute atomic E-state index is 4.73. The minimum Gasteiger partial charge on any atom is -0.287 e. The number of para-hydroxylation sites is 1. The lowest BCUT2D eigenvalue weighted by molar-refractivity contribution is 0.236. The van der Waals surface area contributed by atoms with Gasteiger partial charge in [0.2, 0.25) is 0 Å². The zero-order chi connectivity index (χ0) is 16.4. The van der Waals surface area contributed by atoms with Gasteiger partial charge in [-0.05, 0) is 50.6 Å². The van der Waals surface area contributed by atoms with Crippen molar-refractivity contribution in [1.82, 2.24) is 24.6 Å². The fourth-order valence-corrected chi connectivity index (χ4v) is 3.44. The second kappa shape index (κ2) is 6.53. The highest BCUT2D eigenvalue weighted by atomic mass is 15.4. The highest BCUT2D eigenvalue weighted by molar-refractivity contribution is 5.30. The van der Waals surface area contributed by atoms with Crippen LogP contribution in [0, 0.1) is 6.92 Å². The molecule has 0 radical (unpaired) electrons. The van der Waals surface area contributed by atoms with Crippen LogP contribution in [0.25, 0.3) is 5.69 Å². The highest BCUT2D eigenvalue weighted by Gasteiger charge is 2.28. The average Bonchev–Trinajstić information content (AvgIpc) is 3.25. The van der Waals surface area contributed by atoms with Gasteiger partial charge < -0.3 is 0 Å². The third-order valence-corrected chi connectivity index (χ3v) is 4.58. The van der Waals surface area contributed by atoms with Crippen molar-refractivity contribution in [2.24, 2.45) is 0 Å². The number of hydrogen-bond acceptors (Lipinski definition) is 4. The van der Waals surface area contributed by atoms with Crippen molar-refractivity contribution in [1.29, 1.82) is 0 Å². The van der Waals surface area contributed by atoms with Gasteiger partial charge in [0.05, 0.1) is 24.0 Å². The van der Waals surface area contributed by atoms with E-state index >= 15 is 0 Å². The minimum atomic E-state index is 0.367. The second-order valence-corrected chi connectivity index (χ2v) is 6.26. The Hall–Kier alpha value is -2.53. The molecule has 0 bridgehead atoms. The van der Waals surface area contributed by atoms with Crippen LogP contribution < -0.4 is 0 Å². The number of nitrogens with zero attached hydrogens (tertiary/aromatic N) is 5. The van der Waals surface area contributed by atoms with Crippen molar-refractivity contribution in [3.8, 4) is 5.69 Å². The zero-order valence-electron chi connectivity index (χ0n) is 13.8. The lowest BCUT2D eigenvalue weighted by Gasteiger charge is -2.24. The summed E-state index contributed by atoms with van der Waals surface area (Å²) in [6, 6.07) is 16.8. The fraction of sp³-hybridized carbons (Fsp3) is 0.316. The molecule has 0 spiro atoms. The molecule has 1 saturated heterocycles. The maximum Gasteiger partial charge on any atom is 0.146 e. The van der Waals surface area contributed by atoms with Gasteiger partial charge in [-0.25, -0.2) is 9.67 Å². The molecule has 1 aromatic carbocycles. The first-order valence-electron chi connectivity index (χ1n) is 8.43. The van der Waals surface area contributed by atoms with Gasteiger partial charge in [0.25, 0.3) is 0 Å². The molecule has 122 valence electrons. The van der Waals surface area contributed by atoms with Gasteiger partial charge in [0, 0.05) is 5.69 Å². The van der Waals surface area contributed by atoms with Crippen molar-refractivity contribution in [3.63, 3.8) is 0 Å². The summed E-state index contributed by atoms with van der Waals surface area (Å²) in [5.74, 6) is 0.973. The summed E-state index contributed by atoms with van der Waals surface area (Å²) in [4.78, 5) is 11.7. The van der Waals surface area contributed by atoms with Crippen LogP contribution in [0.4, 0.5) is 0 Å². The molecule has 1 fully saturated rings. The molecule has 0 aliphatic carbocycles. The number of benzene rings is 1. The van der Waals surface area contributed by atoms with Crippen LogP contribution in [0.2, 0.25) is 0 Å². The predicted octanol–water partition coefficient (Wildman–Crippen LogP) is 3.31. The number of pyridine rings is 1. The number of hydrogen-bond donors (Lipinski definition) is 0. The Morgan fingerprint density at radius 1 is 1.08 bits per heavy atom. The predicted molar refractivity (Wildman–Crippen MR) is 92.7 cm³/mol. The van der Waals surface area contributed by atoms with Crippen LogP contribution in [0.5, 0.6) is 0 Å². The summed E-state index contributed by atoms with van der Waals surface area (Å²) in [5, 5.41) is 4.40. The SMILES string of the molecule is Cc1cccc([C@@H]2CCCN2Cc2ncnn2-c2ccccc2)n1. The van der Waals surface area contributed by atoms with Crippen molar-refractivity contribution in [2.75, 3.05) is 6.54 Å². The summed E-state index contributed by atoms with van der Waals surface area (Å²) < 4.78 is 1.93. The first-order chi connectivity index (χ1) is 11.8. The Balaban J connectivity index is 1.58. The van der Waals surface area contributed by atoms with Crippen LogP contribution in [-0.2, 0) is 6.54 Å². The van der Waals surface area contributed by atoms with E-state index in [1.54, 1.807) is 6.33 Å². The summed E-state index contributed by atoms with van der Waals surface area (Å²) in [6.07, 6.45) is 3.98. The zero-order valence-corrected chi connectivity index (χ0v) is 13.8. The molecular weight excluding hydrogens is 298 g/mol. The number of aromatic nitrogens is 4. The van der Waals surface area contributed by atoms with E-state index in [-0.39, 0.29) is 0 Å². The van der Waals surface area contributed by atoms with E-state index in [9.17, 15) is 0 Å². The van der Waals surface area contributed by atoms with Crippen LogP contribution in [-0.4, -0.2) is 31.2 Å². The third kappa shape index (κ3) is 2.95. The van der Waals surface area contributed by atoms with Crippen LogP contribution >= 0.6 is 0 Å².